The highest BCUT2D eigenvalue weighted by Gasteiger charge is 2.27. The third-order valence-electron chi connectivity index (χ3n) is 5.25. The van der Waals surface area contributed by atoms with Crippen LogP contribution in [0.3, 0.4) is 0 Å². The fraction of sp³-hybridized carbons (Fsp3) is 0.429. The minimum absolute atomic E-state index is 0.0509. The summed E-state index contributed by atoms with van der Waals surface area (Å²) in [5, 5.41) is 3.69. The van der Waals surface area contributed by atoms with Crippen LogP contribution in [0.5, 0.6) is 0 Å². The zero-order chi connectivity index (χ0) is 19.2. The van der Waals surface area contributed by atoms with Gasteiger partial charge >= 0.3 is 6.03 Å². The lowest BCUT2D eigenvalue weighted by Gasteiger charge is -2.39. The molecule has 1 aliphatic heterocycles. The lowest BCUT2D eigenvalue weighted by Crippen LogP contribution is -2.50. The molecule has 3 rings (SSSR count). The van der Waals surface area contributed by atoms with Crippen LogP contribution in [0.2, 0.25) is 5.02 Å². The number of hydrogen-bond acceptors (Lipinski definition) is 3. The first kappa shape index (κ1) is 19.6. The van der Waals surface area contributed by atoms with Gasteiger partial charge in [-0.1, -0.05) is 24.6 Å². The number of rotatable bonds is 5. The molecule has 1 fully saturated rings. The number of aromatic nitrogens is 1. The van der Waals surface area contributed by atoms with Crippen LogP contribution in [0.4, 0.5) is 10.5 Å². The number of halogens is 1. The van der Waals surface area contributed by atoms with Crippen molar-refractivity contribution in [2.75, 3.05) is 25.0 Å². The molecule has 1 N–H and O–H groups in total. The van der Waals surface area contributed by atoms with E-state index in [1.54, 1.807) is 0 Å². The predicted molar refractivity (Wildman–Crippen MR) is 110 cm³/mol. The standard InChI is InChI=1S/C21H27ClN4O/c1-3-25(14-17-9-11-23-12-10-17)18-6-5-13-26(15-18)21(27)24-20-8-4-7-19(22)16(20)2/h4,7-12,18H,3,5-6,13-15H2,1-2H3,(H,24,27)/t18-/m1/s1. The first-order chi connectivity index (χ1) is 13.1. The highest BCUT2D eigenvalue weighted by atomic mass is 35.5. The second-order valence-electron chi connectivity index (χ2n) is 7.00. The van der Waals surface area contributed by atoms with Crippen LogP contribution in [-0.2, 0) is 6.54 Å². The van der Waals surface area contributed by atoms with E-state index in [2.05, 4.69) is 34.3 Å². The third kappa shape index (κ3) is 4.99. The van der Waals surface area contributed by atoms with Crippen molar-refractivity contribution in [1.82, 2.24) is 14.8 Å². The van der Waals surface area contributed by atoms with Gasteiger partial charge in [-0.2, -0.15) is 0 Å². The van der Waals surface area contributed by atoms with Crippen molar-refractivity contribution >= 4 is 23.3 Å². The summed E-state index contributed by atoms with van der Waals surface area (Å²) in [5.74, 6) is 0. The number of nitrogens with one attached hydrogen (secondary N) is 1. The number of piperidine rings is 1. The number of anilines is 1. The Morgan fingerprint density at radius 2 is 2.11 bits per heavy atom. The molecule has 0 unspecified atom stereocenters. The quantitative estimate of drug-likeness (QED) is 0.819. The third-order valence-corrected chi connectivity index (χ3v) is 5.66. The maximum atomic E-state index is 12.8. The minimum Gasteiger partial charge on any atom is -0.323 e. The number of likely N-dealkylation sites (N-methyl/N-ethyl adjacent to an activating group) is 1. The Balaban J connectivity index is 1.64. The van der Waals surface area contributed by atoms with Gasteiger partial charge in [0.05, 0.1) is 0 Å². The molecular weight excluding hydrogens is 360 g/mol. The number of urea groups is 1. The van der Waals surface area contributed by atoms with Crippen molar-refractivity contribution in [3.63, 3.8) is 0 Å². The largest absolute Gasteiger partial charge is 0.323 e. The van der Waals surface area contributed by atoms with Gasteiger partial charge in [0.2, 0.25) is 0 Å². The van der Waals surface area contributed by atoms with Crippen LogP contribution in [0.25, 0.3) is 0 Å². The Morgan fingerprint density at radius 3 is 2.85 bits per heavy atom. The second kappa shape index (κ2) is 9.20. The number of likely N-dealkylation sites (tertiary alicyclic amines) is 1. The molecule has 1 atom stereocenters. The van der Waals surface area contributed by atoms with Gasteiger partial charge < -0.3 is 10.2 Å². The van der Waals surface area contributed by atoms with Crippen molar-refractivity contribution in [3.8, 4) is 0 Å². The SMILES string of the molecule is CCN(Cc1ccncc1)[C@@H]1CCCN(C(=O)Nc2cccc(Cl)c2C)C1. The number of benzene rings is 1. The molecule has 1 saturated heterocycles. The van der Waals surface area contributed by atoms with Crippen LogP contribution in [-0.4, -0.2) is 46.5 Å². The summed E-state index contributed by atoms with van der Waals surface area (Å²) in [5.41, 5.74) is 2.93. The van der Waals surface area contributed by atoms with Gasteiger partial charge in [0.1, 0.15) is 0 Å². The molecule has 5 nitrogen and oxygen atoms in total. The van der Waals surface area contributed by atoms with E-state index in [1.807, 2.05) is 42.4 Å². The first-order valence-corrected chi connectivity index (χ1v) is 9.90. The van der Waals surface area contributed by atoms with Gasteiger partial charge in [0.25, 0.3) is 0 Å². The summed E-state index contributed by atoms with van der Waals surface area (Å²) >= 11 is 6.17. The molecule has 1 aliphatic rings. The van der Waals surface area contributed by atoms with E-state index in [9.17, 15) is 4.79 Å². The monoisotopic (exact) mass is 386 g/mol. The zero-order valence-electron chi connectivity index (χ0n) is 16.0. The van der Waals surface area contributed by atoms with E-state index in [-0.39, 0.29) is 6.03 Å². The molecule has 0 spiro atoms. The van der Waals surface area contributed by atoms with Gasteiger partial charge in [-0.25, -0.2) is 4.79 Å². The molecule has 144 valence electrons. The number of carbonyl (C=O) groups is 1. The molecule has 0 bridgehead atoms. The smallest absolute Gasteiger partial charge is 0.321 e. The summed E-state index contributed by atoms with van der Waals surface area (Å²) in [7, 11) is 0. The van der Waals surface area contributed by atoms with Crippen LogP contribution < -0.4 is 5.32 Å². The van der Waals surface area contributed by atoms with Crippen molar-refractivity contribution in [2.45, 2.75) is 39.3 Å². The Kier molecular flexibility index (Phi) is 6.69. The molecule has 6 heteroatoms. The van der Waals surface area contributed by atoms with Gasteiger partial charge in [-0.15, -0.1) is 0 Å². The molecule has 2 heterocycles. The van der Waals surface area contributed by atoms with E-state index < -0.39 is 0 Å². The molecule has 1 aromatic heterocycles. The van der Waals surface area contributed by atoms with E-state index in [0.29, 0.717) is 11.1 Å². The molecule has 1 aromatic carbocycles. The molecule has 0 saturated carbocycles. The van der Waals surface area contributed by atoms with Crippen LogP contribution in [0.1, 0.15) is 30.9 Å². The van der Waals surface area contributed by atoms with Crippen molar-refractivity contribution in [2.24, 2.45) is 0 Å². The predicted octanol–water partition coefficient (Wildman–Crippen LogP) is 4.56. The first-order valence-electron chi connectivity index (χ1n) is 9.52. The Bertz CT molecular complexity index is 768. The maximum absolute atomic E-state index is 12.8. The highest BCUT2D eigenvalue weighted by Crippen LogP contribution is 2.24. The normalized spacial score (nSPS) is 17.2. The van der Waals surface area contributed by atoms with Crippen molar-refractivity contribution in [3.05, 3.63) is 58.9 Å². The lowest BCUT2D eigenvalue weighted by atomic mass is 10.0. The van der Waals surface area contributed by atoms with Gasteiger partial charge in [-0.3, -0.25) is 9.88 Å². The van der Waals surface area contributed by atoms with E-state index >= 15 is 0 Å². The molecule has 2 amide bonds. The summed E-state index contributed by atoms with van der Waals surface area (Å²) in [6.07, 6.45) is 5.78. The number of amides is 2. The summed E-state index contributed by atoms with van der Waals surface area (Å²) in [4.78, 5) is 21.2. The van der Waals surface area contributed by atoms with Gasteiger partial charge in [-0.05, 0) is 61.7 Å². The Morgan fingerprint density at radius 1 is 1.33 bits per heavy atom. The number of carbonyl (C=O) groups excluding carboxylic acids is 1. The van der Waals surface area contributed by atoms with E-state index in [1.165, 1.54) is 5.56 Å². The zero-order valence-corrected chi connectivity index (χ0v) is 16.7. The summed E-state index contributed by atoms with van der Waals surface area (Å²) in [6, 6.07) is 10.0. The molecule has 0 aliphatic carbocycles. The molecule has 0 radical (unpaired) electrons. The molecule has 27 heavy (non-hydrogen) atoms. The average Bonchev–Trinajstić information content (AvgIpc) is 2.70. The minimum atomic E-state index is -0.0509. The van der Waals surface area contributed by atoms with Gasteiger partial charge in [0.15, 0.2) is 0 Å². The van der Waals surface area contributed by atoms with Crippen molar-refractivity contribution in [1.29, 1.82) is 0 Å². The molecule has 2 aromatic rings. The van der Waals surface area contributed by atoms with Crippen LogP contribution >= 0.6 is 11.6 Å². The number of nitrogens with zero attached hydrogens (tertiary/aromatic N) is 3. The van der Waals surface area contributed by atoms with Crippen LogP contribution in [0, 0.1) is 6.92 Å². The fourth-order valence-corrected chi connectivity index (χ4v) is 3.77. The fourth-order valence-electron chi connectivity index (χ4n) is 3.60. The Labute approximate surface area is 166 Å². The van der Waals surface area contributed by atoms with Gasteiger partial charge in [0, 0.05) is 48.8 Å². The van der Waals surface area contributed by atoms with Crippen molar-refractivity contribution < 1.29 is 4.79 Å². The second-order valence-corrected chi connectivity index (χ2v) is 7.41. The topological polar surface area (TPSA) is 48.5 Å². The highest BCUT2D eigenvalue weighted by molar-refractivity contribution is 6.31. The molecular formula is C21H27ClN4O. The maximum Gasteiger partial charge on any atom is 0.321 e. The summed E-state index contributed by atoms with van der Waals surface area (Å²) in [6.45, 7) is 7.46. The van der Waals surface area contributed by atoms with Crippen LogP contribution in [0.15, 0.2) is 42.7 Å². The summed E-state index contributed by atoms with van der Waals surface area (Å²) < 4.78 is 0. The van der Waals surface area contributed by atoms with E-state index in [4.69, 9.17) is 11.6 Å². The number of hydrogen-bond donors (Lipinski definition) is 1. The Hall–Kier alpha value is -2.11. The number of pyridine rings is 1. The average molecular weight is 387 g/mol. The lowest BCUT2D eigenvalue weighted by molar-refractivity contribution is 0.112. The van der Waals surface area contributed by atoms with E-state index in [0.717, 1.165) is 50.3 Å².